The second-order valence-corrected chi connectivity index (χ2v) is 6.20. The van der Waals surface area contributed by atoms with Crippen molar-refractivity contribution in [1.29, 1.82) is 0 Å². The van der Waals surface area contributed by atoms with Gasteiger partial charge in [-0.25, -0.2) is 4.39 Å². The Labute approximate surface area is 134 Å². The van der Waals surface area contributed by atoms with Gasteiger partial charge < -0.3 is 15.2 Å². The van der Waals surface area contributed by atoms with Gasteiger partial charge in [0.15, 0.2) is 0 Å². The lowest BCUT2D eigenvalue weighted by atomic mass is 9.69. The molecule has 0 spiro atoms. The lowest BCUT2D eigenvalue weighted by molar-refractivity contribution is -0.140. The van der Waals surface area contributed by atoms with Gasteiger partial charge in [0.25, 0.3) is 0 Å². The minimum Gasteiger partial charge on any atom is -0.497 e. The molecule has 1 aliphatic rings. The highest BCUT2D eigenvalue weighted by Gasteiger charge is 2.36. The average molecular weight is 323 g/mol. The summed E-state index contributed by atoms with van der Waals surface area (Å²) in [6.07, 6.45) is 4.41. The van der Waals surface area contributed by atoms with E-state index in [-0.39, 0.29) is 24.4 Å². The number of methoxy groups -OCH3 is 1. The van der Waals surface area contributed by atoms with Crippen LogP contribution in [0.2, 0.25) is 0 Å². The molecule has 1 aromatic carbocycles. The van der Waals surface area contributed by atoms with Crippen molar-refractivity contribution in [2.24, 2.45) is 5.41 Å². The topological polar surface area (TPSA) is 75.6 Å². The second-order valence-electron chi connectivity index (χ2n) is 6.20. The second kappa shape index (κ2) is 7.44. The Morgan fingerprint density at radius 3 is 2.57 bits per heavy atom. The number of carbonyl (C=O) groups excluding carboxylic acids is 1. The molecule has 1 aliphatic carbocycles. The first-order valence-corrected chi connectivity index (χ1v) is 7.79. The summed E-state index contributed by atoms with van der Waals surface area (Å²) >= 11 is 0. The van der Waals surface area contributed by atoms with Crippen molar-refractivity contribution in [1.82, 2.24) is 0 Å². The number of carboxylic acids is 1. The molecule has 23 heavy (non-hydrogen) atoms. The Morgan fingerprint density at radius 1 is 1.26 bits per heavy atom. The van der Waals surface area contributed by atoms with Crippen molar-refractivity contribution in [2.75, 3.05) is 12.4 Å². The first-order valence-electron chi connectivity index (χ1n) is 7.79. The van der Waals surface area contributed by atoms with E-state index in [9.17, 15) is 14.0 Å². The zero-order chi connectivity index (χ0) is 16.9. The summed E-state index contributed by atoms with van der Waals surface area (Å²) < 4.78 is 18.8. The number of nitrogens with one attached hydrogen (secondary N) is 1. The largest absolute Gasteiger partial charge is 0.497 e. The monoisotopic (exact) mass is 323 g/mol. The third-order valence-corrected chi connectivity index (χ3v) is 4.42. The number of hydrogen-bond donors (Lipinski definition) is 2. The minimum absolute atomic E-state index is 0.0268. The van der Waals surface area contributed by atoms with Gasteiger partial charge in [0.05, 0.1) is 19.2 Å². The van der Waals surface area contributed by atoms with Gasteiger partial charge in [0.2, 0.25) is 5.91 Å². The van der Waals surface area contributed by atoms with E-state index >= 15 is 0 Å². The van der Waals surface area contributed by atoms with Gasteiger partial charge in [-0.15, -0.1) is 0 Å². The Hall–Kier alpha value is -2.11. The lowest BCUT2D eigenvalue weighted by Gasteiger charge is -2.35. The molecule has 0 unspecified atom stereocenters. The van der Waals surface area contributed by atoms with E-state index < -0.39 is 17.2 Å². The molecule has 0 radical (unpaired) electrons. The summed E-state index contributed by atoms with van der Waals surface area (Å²) in [6.45, 7) is 0. The summed E-state index contributed by atoms with van der Waals surface area (Å²) in [5.74, 6) is -1.36. The maximum Gasteiger partial charge on any atom is 0.303 e. The lowest BCUT2D eigenvalue weighted by Crippen LogP contribution is -2.32. The molecule has 0 saturated heterocycles. The number of carbonyl (C=O) groups is 2. The summed E-state index contributed by atoms with van der Waals surface area (Å²) in [5.41, 5.74) is -0.473. The van der Waals surface area contributed by atoms with E-state index in [1.54, 1.807) is 0 Å². The van der Waals surface area contributed by atoms with E-state index in [0.29, 0.717) is 18.6 Å². The molecule has 2 N–H and O–H groups in total. The molecule has 1 amide bonds. The quantitative estimate of drug-likeness (QED) is 0.839. The fourth-order valence-corrected chi connectivity index (χ4v) is 3.30. The molecule has 6 heteroatoms. The number of benzene rings is 1. The zero-order valence-corrected chi connectivity index (χ0v) is 13.2. The van der Waals surface area contributed by atoms with E-state index in [1.165, 1.54) is 25.3 Å². The third kappa shape index (κ3) is 4.68. The number of anilines is 1. The number of ether oxygens (including phenoxy) is 1. The smallest absolute Gasteiger partial charge is 0.303 e. The van der Waals surface area contributed by atoms with Crippen LogP contribution in [-0.4, -0.2) is 24.1 Å². The van der Waals surface area contributed by atoms with Crippen LogP contribution in [0.1, 0.15) is 44.9 Å². The van der Waals surface area contributed by atoms with Gasteiger partial charge >= 0.3 is 5.97 Å². The fraction of sp³-hybridized carbons (Fsp3) is 0.529. The molecule has 1 saturated carbocycles. The Balaban J connectivity index is 2.08. The molecular weight excluding hydrogens is 301 g/mol. The maximum atomic E-state index is 13.8. The molecule has 0 atom stereocenters. The average Bonchev–Trinajstić information content (AvgIpc) is 2.49. The van der Waals surface area contributed by atoms with Crippen LogP contribution in [0.15, 0.2) is 18.2 Å². The van der Waals surface area contributed by atoms with Gasteiger partial charge in [-0.3, -0.25) is 9.59 Å². The van der Waals surface area contributed by atoms with Gasteiger partial charge in [0.1, 0.15) is 11.6 Å². The number of halogens is 1. The van der Waals surface area contributed by atoms with E-state index in [0.717, 1.165) is 19.3 Å². The van der Waals surface area contributed by atoms with Crippen molar-refractivity contribution >= 4 is 17.6 Å². The van der Waals surface area contributed by atoms with Crippen LogP contribution in [0.5, 0.6) is 5.75 Å². The normalized spacial score (nSPS) is 16.6. The predicted molar refractivity (Wildman–Crippen MR) is 84.0 cm³/mol. The molecule has 0 heterocycles. The molecule has 0 bridgehead atoms. The fourth-order valence-electron chi connectivity index (χ4n) is 3.30. The molecule has 0 aliphatic heterocycles. The summed E-state index contributed by atoms with van der Waals surface area (Å²) in [5, 5.41) is 11.7. The molecule has 5 nitrogen and oxygen atoms in total. The van der Waals surface area contributed by atoms with Crippen LogP contribution in [0.3, 0.4) is 0 Å². The van der Waals surface area contributed by atoms with Crippen LogP contribution < -0.4 is 10.1 Å². The number of hydrogen-bond acceptors (Lipinski definition) is 3. The molecule has 1 fully saturated rings. The number of amides is 1. The van der Waals surface area contributed by atoms with Crippen molar-refractivity contribution in [3.05, 3.63) is 24.0 Å². The Bertz CT molecular complexity index is 582. The number of aliphatic carboxylic acids is 1. The van der Waals surface area contributed by atoms with Crippen molar-refractivity contribution in [2.45, 2.75) is 44.9 Å². The van der Waals surface area contributed by atoms with Crippen LogP contribution in [0, 0.1) is 11.2 Å². The van der Waals surface area contributed by atoms with Crippen LogP contribution >= 0.6 is 0 Å². The standard InChI is InChI=1S/C17H22FNO4/c1-23-12-5-6-13(18)14(9-12)19-15(20)10-17(11-16(21)22)7-3-2-4-8-17/h5-6,9H,2-4,7-8,10-11H2,1H3,(H,19,20)(H,21,22). The van der Waals surface area contributed by atoms with E-state index in [1.807, 2.05) is 0 Å². The van der Waals surface area contributed by atoms with Gasteiger partial charge in [-0.05, 0) is 30.4 Å². The van der Waals surface area contributed by atoms with Gasteiger partial charge in [-0.1, -0.05) is 19.3 Å². The molecule has 1 aromatic rings. The molecule has 126 valence electrons. The van der Waals surface area contributed by atoms with E-state index in [2.05, 4.69) is 5.32 Å². The summed E-state index contributed by atoms with van der Waals surface area (Å²) in [4.78, 5) is 23.4. The van der Waals surface area contributed by atoms with Crippen LogP contribution in [0.25, 0.3) is 0 Å². The van der Waals surface area contributed by atoms with E-state index in [4.69, 9.17) is 9.84 Å². The first kappa shape index (κ1) is 17.2. The van der Waals surface area contributed by atoms with Gasteiger partial charge in [0, 0.05) is 12.5 Å². The number of rotatable bonds is 6. The maximum absolute atomic E-state index is 13.8. The van der Waals surface area contributed by atoms with Crippen LogP contribution in [0.4, 0.5) is 10.1 Å². The zero-order valence-electron chi connectivity index (χ0n) is 13.2. The molecular formula is C17H22FNO4. The Morgan fingerprint density at radius 2 is 1.96 bits per heavy atom. The highest BCUT2D eigenvalue weighted by atomic mass is 19.1. The molecule has 2 rings (SSSR count). The highest BCUT2D eigenvalue weighted by Crippen LogP contribution is 2.42. The van der Waals surface area contributed by atoms with Crippen molar-refractivity contribution in [3.63, 3.8) is 0 Å². The minimum atomic E-state index is -0.896. The van der Waals surface area contributed by atoms with Crippen molar-refractivity contribution < 1.29 is 23.8 Å². The first-order chi connectivity index (χ1) is 10.9. The highest BCUT2D eigenvalue weighted by molar-refractivity contribution is 5.91. The molecule has 0 aromatic heterocycles. The number of carboxylic acid groups (broad SMARTS) is 1. The Kier molecular flexibility index (Phi) is 5.58. The van der Waals surface area contributed by atoms with Gasteiger partial charge in [-0.2, -0.15) is 0 Å². The van der Waals surface area contributed by atoms with Crippen molar-refractivity contribution in [3.8, 4) is 5.75 Å². The predicted octanol–water partition coefficient (Wildman–Crippen LogP) is 3.59. The van der Waals surface area contributed by atoms with Crippen LogP contribution in [-0.2, 0) is 9.59 Å². The SMILES string of the molecule is COc1ccc(F)c(NC(=O)CC2(CC(=O)O)CCCCC2)c1. The summed E-state index contributed by atoms with van der Waals surface area (Å²) in [6, 6.07) is 4.11. The summed E-state index contributed by atoms with van der Waals surface area (Å²) in [7, 11) is 1.46. The third-order valence-electron chi connectivity index (χ3n) is 4.42.